The van der Waals surface area contributed by atoms with Crippen molar-refractivity contribution in [2.45, 2.75) is 27.2 Å². The van der Waals surface area contributed by atoms with Crippen LogP contribution >= 0.6 is 0 Å². The highest BCUT2D eigenvalue weighted by atomic mass is 16.5. The zero-order chi connectivity index (χ0) is 17.0. The molecule has 6 nitrogen and oxygen atoms in total. The molecule has 0 saturated heterocycles. The molecule has 2 aromatic rings. The van der Waals surface area contributed by atoms with Gasteiger partial charge >= 0.3 is 5.63 Å². The van der Waals surface area contributed by atoms with Crippen LogP contribution in [0.3, 0.4) is 0 Å². The van der Waals surface area contributed by atoms with Crippen LogP contribution in [0.2, 0.25) is 0 Å². The highest BCUT2D eigenvalue weighted by molar-refractivity contribution is 5.85. The Balaban J connectivity index is 2.20. The predicted molar refractivity (Wildman–Crippen MR) is 86.9 cm³/mol. The van der Waals surface area contributed by atoms with Crippen molar-refractivity contribution in [1.82, 2.24) is 5.32 Å². The first-order chi connectivity index (χ1) is 11.0. The normalized spacial score (nSPS) is 10.8. The van der Waals surface area contributed by atoms with Gasteiger partial charge in [0, 0.05) is 29.7 Å². The predicted octanol–water partition coefficient (Wildman–Crippen LogP) is 1.60. The first-order valence-corrected chi connectivity index (χ1v) is 7.49. The van der Waals surface area contributed by atoms with E-state index in [2.05, 4.69) is 5.32 Å². The summed E-state index contributed by atoms with van der Waals surface area (Å²) in [5, 5.41) is 12.2. The van der Waals surface area contributed by atoms with E-state index in [0.29, 0.717) is 35.4 Å². The third-order valence-corrected chi connectivity index (χ3v) is 3.84. The number of nitrogens with one attached hydrogen (secondary N) is 1. The molecular formula is C17H21NO5. The van der Waals surface area contributed by atoms with Crippen molar-refractivity contribution >= 4 is 16.9 Å². The summed E-state index contributed by atoms with van der Waals surface area (Å²) in [5.74, 6) is 0.237. The van der Waals surface area contributed by atoms with Gasteiger partial charge < -0.3 is 19.6 Å². The second-order valence-electron chi connectivity index (χ2n) is 5.42. The summed E-state index contributed by atoms with van der Waals surface area (Å²) in [4.78, 5) is 23.5. The monoisotopic (exact) mass is 319 g/mol. The van der Waals surface area contributed by atoms with Gasteiger partial charge in [-0.1, -0.05) is 0 Å². The number of aryl methyl sites for hydroxylation is 2. The van der Waals surface area contributed by atoms with Crippen molar-refractivity contribution in [1.29, 1.82) is 0 Å². The molecule has 124 valence electrons. The highest BCUT2D eigenvalue weighted by Crippen LogP contribution is 2.29. The molecule has 0 aliphatic heterocycles. The quantitative estimate of drug-likeness (QED) is 0.623. The molecule has 0 fully saturated rings. The minimum atomic E-state index is -0.364. The molecule has 2 N–H and O–H groups in total. The zero-order valence-electron chi connectivity index (χ0n) is 13.6. The molecule has 0 spiro atoms. The Hall–Kier alpha value is -2.34. The van der Waals surface area contributed by atoms with Gasteiger partial charge in [0.05, 0.1) is 0 Å². The summed E-state index contributed by atoms with van der Waals surface area (Å²) in [6.07, 6.45) is 0.504. The van der Waals surface area contributed by atoms with Crippen molar-refractivity contribution in [2.24, 2.45) is 0 Å². The molecule has 0 saturated carbocycles. The average molecular weight is 319 g/mol. The maximum atomic E-state index is 11.8. The molecule has 6 heteroatoms. The molecular weight excluding hydrogens is 298 g/mol. The first kappa shape index (κ1) is 17.0. The first-order valence-electron chi connectivity index (χ1n) is 7.49. The number of carbonyl (C=O) groups excluding carboxylic acids is 1. The van der Waals surface area contributed by atoms with Crippen molar-refractivity contribution in [3.05, 3.63) is 39.2 Å². The number of hydrogen-bond donors (Lipinski definition) is 2. The number of carbonyl (C=O) groups is 1. The molecule has 1 aromatic carbocycles. The SMILES string of the molecule is Cc1c(C)c2ccc(OCC(=O)NCCCO)c(C)c2oc1=O. The van der Waals surface area contributed by atoms with Crippen LogP contribution in [0.25, 0.3) is 11.0 Å². The van der Waals surface area contributed by atoms with E-state index in [1.54, 1.807) is 19.9 Å². The van der Waals surface area contributed by atoms with Crippen LogP contribution in [0.4, 0.5) is 0 Å². The lowest BCUT2D eigenvalue weighted by Crippen LogP contribution is -2.30. The van der Waals surface area contributed by atoms with Gasteiger partial charge in [-0.25, -0.2) is 4.79 Å². The number of ether oxygens (including phenoxy) is 1. The number of aliphatic hydroxyl groups excluding tert-OH is 1. The van der Waals surface area contributed by atoms with Crippen LogP contribution in [0.15, 0.2) is 21.3 Å². The molecule has 0 bridgehead atoms. The second kappa shape index (κ2) is 7.28. The van der Waals surface area contributed by atoms with Gasteiger partial charge in [-0.15, -0.1) is 0 Å². The minimum absolute atomic E-state index is 0.0305. The number of hydrogen-bond acceptors (Lipinski definition) is 5. The molecule has 2 rings (SSSR count). The maximum absolute atomic E-state index is 11.8. The van der Waals surface area contributed by atoms with E-state index in [1.807, 2.05) is 13.0 Å². The van der Waals surface area contributed by atoms with Crippen molar-refractivity contribution < 1.29 is 19.1 Å². The van der Waals surface area contributed by atoms with E-state index >= 15 is 0 Å². The minimum Gasteiger partial charge on any atom is -0.483 e. The largest absolute Gasteiger partial charge is 0.483 e. The smallest absolute Gasteiger partial charge is 0.339 e. The third kappa shape index (κ3) is 3.71. The molecule has 0 aliphatic carbocycles. The summed E-state index contributed by atoms with van der Waals surface area (Å²) in [5.41, 5.74) is 2.28. The van der Waals surface area contributed by atoms with Gasteiger partial charge in [0.25, 0.3) is 5.91 Å². The molecule has 0 radical (unpaired) electrons. The van der Waals surface area contributed by atoms with Gasteiger partial charge in [0.2, 0.25) is 0 Å². The summed E-state index contributed by atoms with van der Waals surface area (Å²) in [6.45, 7) is 5.71. The standard InChI is InChI=1S/C17H21NO5/c1-10-11(2)17(21)23-16-12(3)14(6-5-13(10)16)22-9-15(20)18-7-4-8-19/h5-6,19H,4,7-9H2,1-3H3,(H,18,20). The number of aliphatic hydroxyl groups is 1. The summed E-state index contributed by atoms with van der Waals surface area (Å²) in [6, 6.07) is 3.59. The fourth-order valence-electron chi connectivity index (χ4n) is 2.28. The van der Waals surface area contributed by atoms with Gasteiger partial charge in [0.1, 0.15) is 11.3 Å². The zero-order valence-corrected chi connectivity index (χ0v) is 13.6. The van der Waals surface area contributed by atoms with Crippen molar-refractivity contribution in [3.8, 4) is 5.75 Å². The number of amides is 1. The molecule has 0 aliphatic rings. The summed E-state index contributed by atoms with van der Waals surface area (Å²) >= 11 is 0. The van der Waals surface area contributed by atoms with E-state index < -0.39 is 0 Å². The Labute approximate surface area is 134 Å². The maximum Gasteiger partial charge on any atom is 0.339 e. The molecule has 1 heterocycles. The van der Waals surface area contributed by atoms with Crippen LogP contribution < -0.4 is 15.7 Å². The molecule has 0 atom stereocenters. The van der Waals surface area contributed by atoms with Crippen LogP contribution in [-0.2, 0) is 4.79 Å². The number of rotatable bonds is 6. The van der Waals surface area contributed by atoms with Crippen LogP contribution in [-0.4, -0.2) is 30.8 Å². The fraction of sp³-hybridized carbons (Fsp3) is 0.412. The molecule has 23 heavy (non-hydrogen) atoms. The van der Waals surface area contributed by atoms with Gasteiger partial charge in [-0.05, 0) is 44.9 Å². The Morgan fingerprint density at radius 3 is 2.65 bits per heavy atom. The average Bonchev–Trinajstić information content (AvgIpc) is 2.53. The third-order valence-electron chi connectivity index (χ3n) is 3.84. The Bertz CT molecular complexity index is 779. The highest BCUT2D eigenvalue weighted by Gasteiger charge is 2.13. The lowest BCUT2D eigenvalue weighted by atomic mass is 10.0. The Morgan fingerprint density at radius 1 is 1.22 bits per heavy atom. The van der Waals surface area contributed by atoms with Crippen LogP contribution in [0, 0.1) is 20.8 Å². The molecule has 1 amide bonds. The van der Waals surface area contributed by atoms with Gasteiger partial charge in [-0.2, -0.15) is 0 Å². The van der Waals surface area contributed by atoms with E-state index in [9.17, 15) is 9.59 Å². The summed E-state index contributed by atoms with van der Waals surface area (Å²) < 4.78 is 10.9. The summed E-state index contributed by atoms with van der Waals surface area (Å²) in [7, 11) is 0. The van der Waals surface area contributed by atoms with E-state index in [1.165, 1.54) is 0 Å². The second-order valence-corrected chi connectivity index (χ2v) is 5.42. The van der Waals surface area contributed by atoms with Gasteiger partial charge in [-0.3, -0.25) is 4.79 Å². The van der Waals surface area contributed by atoms with Crippen molar-refractivity contribution in [2.75, 3.05) is 19.8 Å². The van der Waals surface area contributed by atoms with E-state index in [0.717, 1.165) is 10.9 Å². The number of benzene rings is 1. The molecule has 1 aromatic heterocycles. The van der Waals surface area contributed by atoms with Crippen molar-refractivity contribution in [3.63, 3.8) is 0 Å². The lowest BCUT2D eigenvalue weighted by molar-refractivity contribution is -0.123. The van der Waals surface area contributed by atoms with Crippen LogP contribution in [0.1, 0.15) is 23.1 Å². The topological polar surface area (TPSA) is 88.8 Å². The Kier molecular flexibility index (Phi) is 5.39. The lowest BCUT2D eigenvalue weighted by Gasteiger charge is -2.12. The van der Waals surface area contributed by atoms with E-state index in [4.69, 9.17) is 14.3 Å². The van der Waals surface area contributed by atoms with E-state index in [-0.39, 0.29) is 24.7 Å². The number of fused-ring (bicyclic) bond motifs is 1. The fourth-order valence-corrected chi connectivity index (χ4v) is 2.28. The van der Waals surface area contributed by atoms with Crippen LogP contribution in [0.5, 0.6) is 5.75 Å². The van der Waals surface area contributed by atoms with Gasteiger partial charge in [0.15, 0.2) is 6.61 Å². The molecule has 0 unspecified atom stereocenters. The Morgan fingerprint density at radius 2 is 1.96 bits per heavy atom.